The summed E-state index contributed by atoms with van der Waals surface area (Å²) in [5, 5.41) is 5.61. The lowest BCUT2D eigenvalue weighted by atomic mass is 10.1. The fourth-order valence-electron chi connectivity index (χ4n) is 2.00. The summed E-state index contributed by atoms with van der Waals surface area (Å²) in [7, 11) is -2.85. The van der Waals surface area contributed by atoms with E-state index in [-0.39, 0.29) is 29.5 Å². The van der Waals surface area contributed by atoms with Gasteiger partial charge in [0.2, 0.25) is 0 Å². The molecule has 2 amide bonds. The van der Waals surface area contributed by atoms with Gasteiger partial charge in [-0.05, 0) is 25.2 Å². The van der Waals surface area contributed by atoms with Gasteiger partial charge in [0, 0.05) is 12.6 Å². The zero-order chi connectivity index (χ0) is 12.9. The van der Waals surface area contributed by atoms with Crippen molar-refractivity contribution in [2.24, 2.45) is 5.92 Å². The van der Waals surface area contributed by atoms with Crippen molar-refractivity contribution >= 4 is 15.9 Å². The number of hydrogen-bond donors (Lipinski definition) is 2. The fraction of sp³-hybridized carbons (Fsp3) is 0.909. The largest absolute Gasteiger partial charge is 0.338 e. The van der Waals surface area contributed by atoms with Crippen LogP contribution in [0, 0.1) is 5.92 Å². The molecule has 0 aromatic carbocycles. The number of urea groups is 1. The predicted molar refractivity (Wildman–Crippen MR) is 67.7 cm³/mol. The highest BCUT2D eigenvalue weighted by Gasteiger charge is 2.27. The fourth-order valence-corrected chi connectivity index (χ4v) is 3.86. The highest BCUT2D eigenvalue weighted by Crippen LogP contribution is 2.17. The Morgan fingerprint density at radius 1 is 1.35 bits per heavy atom. The molecule has 0 aromatic rings. The summed E-state index contributed by atoms with van der Waals surface area (Å²) >= 11 is 0. The number of hydrogen-bond acceptors (Lipinski definition) is 3. The Labute approximate surface area is 103 Å². The predicted octanol–water partition coefficient (Wildman–Crippen LogP) is 0.909. The molecule has 100 valence electrons. The molecule has 1 aliphatic rings. The van der Waals surface area contributed by atoms with Gasteiger partial charge in [-0.25, -0.2) is 13.2 Å². The van der Waals surface area contributed by atoms with Crippen LogP contribution in [-0.4, -0.2) is 38.5 Å². The second-order valence-corrected chi connectivity index (χ2v) is 6.87. The molecule has 0 bridgehead atoms. The maximum absolute atomic E-state index is 11.5. The molecule has 1 fully saturated rings. The lowest BCUT2D eigenvalue weighted by molar-refractivity contribution is 0.234. The first-order valence-electron chi connectivity index (χ1n) is 6.21. The van der Waals surface area contributed by atoms with Gasteiger partial charge in [0.25, 0.3) is 0 Å². The molecule has 1 heterocycles. The molecular formula is C11H22N2O3S. The van der Waals surface area contributed by atoms with E-state index >= 15 is 0 Å². The van der Waals surface area contributed by atoms with Gasteiger partial charge >= 0.3 is 6.03 Å². The van der Waals surface area contributed by atoms with E-state index in [0.29, 0.717) is 13.0 Å². The van der Waals surface area contributed by atoms with E-state index in [0.717, 1.165) is 12.8 Å². The van der Waals surface area contributed by atoms with Crippen LogP contribution in [0.1, 0.15) is 33.1 Å². The summed E-state index contributed by atoms with van der Waals surface area (Å²) in [4.78, 5) is 11.5. The van der Waals surface area contributed by atoms with Gasteiger partial charge < -0.3 is 10.6 Å². The lowest BCUT2D eigenvalue weighted by Gasteiger charge is -2.16. The number of carbonyl (C=O) groups excluding carboxylic acids is 1. The third kappa shape index (κ3) is 4.93. The summed E-state index contributed by atoms with van der Waals surface area (Å²) in [6.07, 6.45) is 2.47. The molecule has 0 radical (unpaired) electrons. The molecule has 1 atom stereocenters. The molecule has 1 rings (SSSR count). The van der Waals surface area contributed by atoms with Crippen LogP contribution < -0.4 is 10.6 Å². The average Bonchev–Trinajstić information content (AvgIpc) is 2.63. The molecule has 0 spiro atoms. The van der Waals surface area contributed by atoms with Gasteiger partial charge in [-0.1, -0.05) is 13.8 Å². The number of amides is 2. The molecule has 0 aromatic heterocycles. The molecule has 6 heteroatoms. The van der Waals surface area contributed by atoms with Crippen LogP contribution in [0.15, 0.2) is 0 Å². The van der Waals surface area contributed by atoms with Crippen molar-refractivity contribution in [3.63, 3.8) is 0 Å². The zero-order valence-corrected chi connectivity index (χ0v) is 11.3. The monoisotopic (exact) mass is 262 g/mol. The maximum Gasteiger partial charge on any atom is 0.315 e. The van der Waals surface area contributed by atoms with Crippen molar-refractivity contribution in [3.05, 3.63) is 0 Å². The SMILES string of the molecule is CCC(CC)NC(=O)NCC1CCS(=O)(=O)C1. The van der Waals surface area contributed by atoms with Crippen molar-refractivity contribution < 1.29 is 13.2 Å². The summed E-state index contributed by atoms with van der Waals surface area (Å²) < 4.78 is 22.5. The Hall–Kier alpha value is -0.780. The van der Waals surface area contributed by atoms with Crippen molar-refractivity contribution in [2.75, 3.05) is 18.1 Å². The van der Waals surface area contributed by atoms with E-state index in [1.807, 2.05) is 13.8 Å². The molecule has 5 nitrogen and oxygen atoms in total. The minimum atomic E-state index is -2.85. The minimum absolute atomic E-state index is 0.0763. The summed E-state index contributed by atoms with van der Waals surface area (Å²) in [5.74, 6) is 0.540. The summed E-state index contributed by atoms with van der Waals surface area (Å²) in [5.41, 5.74) is 0. The van der Waals surface area contributed by atoms with Crippen LogP contribution in [0.4, 0.5) is 4.79 Å². The first kappa shape index (κ1) is 14.3. The number of nitrogens with one attached hydrogen (secondary N) is 2. The quantitative estimate of drug-likeness (QED) is 0.773. The minimum Gasteiger partial charge on any atom is -0.338 e. The third-order valence-corrected chi connectivity index (χ3v) is 5.04. The Balaban J connectivity index is 2.25. The van der Waals surface area contributed by atoms with Crippen LogP contribution in [0.2, 0.25) is 0 Å². The standard InChI is InChI=1S/C11H22N2O3S/c1-3-10(4-2)13-11(14)12-7-9-5-6-17(15,16)8-9/h9-10H,3-8H2,1-2H3,(H2,12,13,14). The number of rotatable bonds is 5. The Morgan fingerprint density at radius 3 is 2.47 bits per heavy atom. The van der Waals surface area contributed by atoms with Gasteiger partial charge in [0.05, 0.1) is 11.5 Å². The smallest absolute Gasteiger partial charge is 0.315 e. The molecular weight excluding hydrogens is 240 g/mol. The van der Waals surface area contributed by atoms with Crippen molar-refractivity contribution in [1.29, 1.82) is 0 Å². The van der Waals surface area contributed by atoms with Gasteiger partial charge in [0.1, 0.15) is 0 Å². The van der Waals surface area contributed by atoms with E-state index in [4.69, 9.17) is 0 Å². The first-order valence-corrected chi connectivity index (χ1v) is 8.03. The molecule has 1 unspecified atom stereocenters. The van der Waals surface area contributed by atoms with Crippen molar-refractivity contribution in [3.8, 4) is 0 Å². The Kier molecular flexibility index (Phi) is 5.24. The second-order valence-electron chi connectivity index (χ2n) is 4.64. The van der Waals surface area contributed by atoms with Gasteiger partial charge in [0.15, 0.2) is 9.84 Å². The van der Waals surface area contributed by atoms with E-state index in [1.54, 1.807) is 0 Å². The Morgan fingerprint density at radius 2 is 2.00 bits per heavy atom. The molecule has 1 aliphatic heterocycles. The van der Waals surface area contributed by atoms with E-state index in [2.05, 4.69) is 10.6 Å². The topological polar surface area (TPSA) is 75.3 Å². The van der Waals surface area contributed by atoms with E-state index < -0.39 is 9.84 Å². The van der Waals surface area contributed by atoms with Gasteiger partial charge in [-0.3, -0.25) is 0 Å². The maximum atomic E-state index is 11.5. The molecule has 2 N–H and O–H groups in total. The Bertz CT molecular complexity index is 350. The summed E-state index contributed by atoms with van der Waals surface area (Å²) in [6.45, 7) is 4.50. The van der Waals surface area contributed by atoms with Crippen LogP contribution >= 0.6 is 0 Å². The molecule has 1 saturated heterocycles. The highest BCUT2D eigenvalue weighted by atomic mass is 32.2. The number of carbonyl (C=O) groups is 1. The molecule has 0 aliphatic carbocycles. The third-order valence-electron chi connectivity index (χ3n) is 3.20. The first-order chi connectivity index (χ1) is 7.96. The van der Waals surface area contributed by atoms with Gasteiger partial charge in [-0.2, -0.15) is 0 Å². The normalized spacial score (nSPS) is 22.6. The summed E-state index contributed by atoms with van der Waals surface area (Å²) in [6, 6.07) is 0.00492. The van der Waals surface area contributed by atoms with E-state index in [9.17, 15) is 13.2 Å². The highest BCUT2D eigenvalue weighted by molar-refractivity contribution is 7.91. The van der Waals surface area contributed by atoms with Crippen molar-refractivity contribution in [1.82, 2.24) is 10.6 Å². The van der Waals surface area contributed by atoms with Gasteiger partial charge in [-0.15, -0.1) is 0 Å². The average molecular weight is 262 g/mol. The second kappa shape index (κ2) is 6.23. The molecule has 17 heavy (non-hydrogen) atoms. The lowest BCUT2D eigenvalue weighted by Crippen LogP contribution is -2.43. The molecule has 0 saturated carbocycles. The van der Waals surface area contributed by atoms with Crippen LogP contribution in [0.25, 0.3) is 0 Å². The zero-order valence-electron chi connectivity index (χ0n) is 10.5. The van der Waals surface area contributed by atoms with Crippen molar-refractivity contribution in [2.45, 2.75) is 39.2 Å². The van der Waals surface area contributed by atoms with E-state index in [1.165, 1.54) is 0 Å². The van der Waals surface area contributed by atoms with Crippen LogP contribution in [0.3, 0.4) is 0 Å². The number of sulfone groups is 1. The van der Waals surface area contributed by atoms with Crippen LogP contribution in [-0.2, 0) is 9.84 Å². The van der Waals surface area contributed by atoms with Crippen LogP contribution in [0.5, 0.6) is 0 Å².